The summed E-state index contributed by atoms with van der Waals surface area (Å²) in [7, 11) is 3.06. The maximum Gasteiger partial charge on any atom is 0.332 e. The molecule has 0 aliphatic rings. The molecule has 0 spiro atoms. The van der Waals surface area contributed by atoms with Crippen LogP contribution in [0.5, 0.6) is 0 Å². The highest BCUT2D eigenvalue weighted by atomic mass is 19.1. The Morgan fingerprint density at radius 1 is 0.935 bits per heavy atom. The number of halogens is 1. The van der Waals surface area contributed by atoms with E-state index in [2.05, 4.69) is 4.98 Å². The van der Waals surface area contributed by atoms with Gasteiger partial charge in [0.25, 0.3) is 5.56 Å². The van der Waals surface area contributed by atoms with Gasteiger partial charge in [0.15, 0.2) is 11.2 Å². The monoisotopic (exact) mass is 417 g/mol. The Bertz CT molecular complexity index is 1570. The summed E-state index contributed by atoms with van der Waals surface area (Å²) in [5, 5.41) is 0. The zero-order valence-corrected chi connectivity index (χ0v) is 17.3. The number of rotatable bonds is 3. The summed E-state index contributed by atoms with van der Waals surface area (Å²) >= 11 is 0. The Kier molecular flexibility index (Phi) is 4.18. The van der Waals surface area contributed by atoms with Gasteiger partial charge in [0.05, 0.1) is 12.2 Å². The van der Waals surface area contributed by atoms with Crippen LogP contribution < -0.4 is 11.2 Å². The Morgan fingerprint density at radius 2 is 1.61 bits per heavy atom. The SMILES string of the molecule is Cc1ccc(-c2cn3c4c(=O)n(C)c(=O)n(C)c4nc3n2Cc2ccc(F)cc2)cc1. The third-order valence-electron chi connectivity index (χ3n) is 5.66. The highest BCUT2D eigenvalue weighted by Gasteiger charge is 2.21. The highest BCUT2D eigenvalue weighted by Crippen LogP contribution is 2.26. The van der Waals surface area contributed by atoms with E-state index in [4.69, 9.17) is 0 Å². The van der Waals surface area contributed by atoms with Crippen molar-refractivity contribution in [1.29, 1.82) is 0 Å². The molecule has 0 fully saturated rings. The van der Waals surface area contributed by atoms with Crippen LogP contribution in [0.15, 0.2) is 64.3 Å². The second kappa shape index (κ2) is 6.80. The molecule has 31 heavy (non-hydrogen) atoms. The molecule has 0 aliphatic heterocycles. The average Bonchev–Trinajstić information content (AvgIpc) is 3.30. The van der Waals surface area contributed by atoms with E-state index in [-0.39, 0.29) is 5.82 Å². The number of hydrogen-bond donors (Lipinski definition) is 0. The standard InChI is InChI=1S/C23H20FN5O2/c1-14-4-8-16(9-5-14)18-13-29-19-20(26(2)23(31)27(3)21(19)30)25-22(29)28(18)12-15-6-10-17(24)11-7-15/h4-11,13H,12H2,1-3H3. The van der Waals surface area contributed by atoms with Gasteiger partial charge in [-0.1, -0.05) is 42.0 Å². The number of aromatic nitrogens is 5. The summed E-state index contributed by atoms with van der Waals surface area (Å²) < 4.78 is 19.6. The zero-order chi connectivity index (χ0) is 21.9. The number of fused-ring (bicyclic) bond motifs is 3. The number of hydrogen-bond acceptors (Lipinski definition) is 3. The van der Waals surface area contributed by atoms with Crippen LogP contribution in [-0.2, 0) is 20.6 Å². The predicted octanol–water partition coefficient (Wildman–Crippen LogP) is 2.85. The van der Waals surface area contributed by atoms with Crippen molar-refractivity contribution < 1.29 is 4.39 Å². The Hall–Kier alpha value is -3.94. The van der Waals surface area contributed by atoms with Gasteiger partial charge in [-0.25, -0.2) is 9.18 Å². The molecular formula is C23H20FN5O2. The van der Waals surface area contributed by atoms with Gasteiger partial charge < -0.3 is 4.57 Å². The minimum absolute atomic E-state index is 0.301. The van der Waals surface area contributed by atoms with Crippen molar-refractivity contribution in [3.05, 3.63) is 92.5 Å². The van der Waals surface area contributed by atoms with Gasteiger partial charge in [-0.15, -0.1) is 0 Å². The number of aryl methyl sites for hydroxylation is 2. The summed E-state index contributed by atoms with van der Waals surface area (Å²) in [4.78, 5) is 29.9. The van der Waals surface area contributed by atoms with Crippen LogP contribution in [0.1, 0.15) is 11.1 Å². The van der Waals surface area contributed by atoms with E-state index in [1.807, 2.05) is 42.0 Å². The molecule has 0 amide bonds. The van der Waals surface area contributed by atoms with E-state index < -0.39 is 11.2 Å². The molecule has 0 atom stereocenters. The molecule has 0 unspecified atom stereocenters. The van der Waals surface area contributed by atoms with Crippen molar-refractivity contribution in [2.75, 3.05) is 0 Å². The van der Waals surface area contributed by atoms with E-state index >= 15 is 0 Å². The summed E-state index contributed by atoms with van der Waals surface area (Å²) in [5.41, 5.74) is 3.69. The van der Waals surface area contributed by atoms with E-state index in [1.165, 1.54) is 23.7 Å². The first-order valence-corrected chi connectivity index (χ1v) is 9.84. The second-order valence-corrected chi connectivity index (χ2v) is 7.75. The van der Waals surface area contributed by atoms with Gasteiger partial charge in [0.2, 0.25) is 5.78 Å². The average molecular weight is 417 g/mol. The van der Waals surface area contributed by atoms with Crippen LogP contribution in [0.25, 0.3) is 28.2 Å². The first kappa shape index (κ1) is 19.0. The molecule has 0 radical (unpaired) electrons. The molecule has 156 valence electrons. The van der Waals surface area contributed by atoms with Crippen LogP contribution in [0.4, 0.5) is 4.39 Å². The Labute approximate surface area is 176 Å². The Morgan fingerprint density at radius 3 is 2.29 bits per heavy atom. The molecule has 5 aromatic rings. The quantitative estimate of drug-likeness (QED) is 0.453. The van der Waals surface area contributed by atoms with Crippen molar-refractivity contribution in [2.45, 2.75) is 13.5 Å². The van der Waals surface area contributed by atoms with Crippen molar-refractivity contribution >= 4 is 16.9 Å². The third-order valence-corrected chi connectivity index (χ3v) is 5.66. The van der Waals surface area contributed by atoms with E-state index in [1.54, 1.807) is 23.6 Å². The fourth-order valence-corrected chi connectivity index (χ4v) is 3.90. The molecule has 7 nitrogen and oxygen atoms in total. The molecule has 3 heterocycles. The molecule has 0 N–H and O–H groups in total. The van der Waals surface area contributed by atoms with Gasteiger partial charge >= 0.3 is 5.69 Å². The smallest absolute Gasteiger partial charge is 0.305 e. The number of benzene rings is 2. The molecular weight excluding hydrogens is 397 g/mol. The topological polar surface area (TPSA) is 66.2 Å². The Balaban J connectivity index is 1.84. The van der Waals surface area contributed by atoms with Gasteiger partial charge in [-0.3, -0.25) is 18.3 Å². The van der Waals surface area contributed by atoms with Gasteiger partial charge in [0.1, 0.15) is 5.82 Å². The number of imidazole rings is 2. The van der Waals surface area contributed by atoms with Crippen molar-refractivity contribution in [2.24, 2.45) is 14.1 Å². The van der Waals surface area contributed by atoms with Gasteiger partial charge in [0, 0.05) is 20.3 Å². The fraction of sp³-hybridized carbons (Fsp3) is 0.174. The van der Waals surface area contributed by atoms with Crippen LogP contribution in [0.2, 0.25) is 0 Å². The molecule has 0 saturated heterocycles. The lowest BCUT2D eigenvalue weighted by Gasteiger charge is -2.10. The van der Waals surface area contributed by atoms with Crippen LogP contribution >= 0.6 is 0 Å². The lowest BCUT2D eigenvalue weighted by Crippen LogP contribution is -2.37. The van der Waals surface area contributed by atoms with Gasteiger partial charge in [-0.05, 0) is 30.2 Å². The molecule has 3 aromatic heterocycles. The fourth-order valence-electron chi connectivity index (χ4n) is 3.90. The molecule has 8 heteroatoms. The normalized spacial score (nSPS) is 11.6. The first-order valence-electron chi connectivity index (χ1n) is 9.84. The lowest BCUT2D eigenvalue weighted by molar-refractivity contribution is 0.626. The zero-order valence-electron chi connectivity index (χ0n) is 17.3. The van der Waals surface area contributed by atoms with E-state index in [0.717, 1.165) is 27.0 Å². The number of nitrogens with zero attached hydrogens (tertiary/aromatic N) is 5. The summed E-state index contributed by atoms with van der Waals surface area (Å²) in [5.74, 6) is 0.235. The van der Waals surface area contributed by atoms with E-state index in [0.29, 0.717) is 23.5 Å². The third kappa shape index (κ3) is 2.91. The van der Waals surface area contributed by atoms with Crippen molar-refractivity contribution in [3.63, 3.8) is 0 Å². The van der Waals surface area contributed by atoms with Crippen LogP contribution in [0, 0.1) is 12.7 Å². The molecule has 0 aliphatic carbocycles. The van der Waals surface area contributed by atoms with E-state index in [9.17, 15) is 14.0 Å². The lowest BCUT2D eigenvalue weighted by atomic mass is 10.1. The maximum atomic E-state index is 13.4. The van der Waals surface area contributed by atoms with Gasteiger partial charge in [-0.2, -0.15) is 4.98 Å². The van der Waals surface area contributed by atoms with Crippen LogP contribution in [0.3, 0.4) is 0 Å². The van der Waals surface area contributed by atoms with Crippen molar-refractivity contribution in [3.8, 4) is 11.3 Å². The molecule has 0 bridgehead atoms. The molecule has 2 aromatic carbocycles. The van der Waals surface area contributed by atoms with Crippen LogP contribution in [-0.4, -0.2) is 23.1 Å². The molecule has 0 saturated carbocycles. The summed E-state index contributed by atoms with van der Waals surface area (Å²) in [6, 6.07) is 14.4. The summed E-state index contributed by atoms with van der Waals surface area (Å²) in [6.45, 7) is 2.45. The predicted molar refractivity (Wildman–Crippen MR) is 117 cm³/mol. The minimum atomic E-state index is -0.429. The first-order chi connectivity index (χ1) is 14.8. The summed E-state index contributed by atoms with van der Waals surface area (Å²) in [6.07, 6.45) is 1.87. The van der Waals surface area contributed by atoms with Crippen molar-refractivity contribution in [1.82, 2.24) is 23.1 Å². The molecule has 5 rings (SSSR count). The second-order valence-electron chi connectivity index (χ2n) is 7.75. The maximum absolute atomic E-state index is 13.4. The largest absolute Gasteiger partial charge is 0.332 e. The minimum Gasteiger partial charge on any atom is -0.305 e. The highest BCUT2D eigenvalue weighted by molar-refractivity contribution is 5.78.